The third-order valence-corrected chi connectivity index (χ3v) is 2.70. The number of hydrogen-bond acceptors (Lipinski definition) is 5. The van der Waals surface area contributed by atoms with Crippen LogP contribution in [-0.2, 0) is 25.6 Å². The summed E-state index contributed by atoms with van der Waals surface area (Å²) >= 11 is 0. The van der Waals surface area contributed by atoms with Crippen LogP contribution in [0.15, 0.2) is 18.2 Å². The zero-order valence-corrected chi connectivity index (χ0v) is 11.5. The van der Waals surface area contributed by atoms with Gasteiger partial charge in [-0.05, 0) is 25.5 Å². The van der Waals surface area contributed by atoms with E-state index in [0.717, 1.165) is 0 Å². The average molecular weight is 283 g/mol. The lowest BCUT2D eigenvalue weighted by Gasteiger charge is -2.18. The zero-order valence-electron chi connectivity index (χ0n) is 11.5. The summed E-state index contributed by atoms with van der Waals surface area (Å²) in [7, 11) is 0. The predicted octanol–water partition coefficient (Wildman–Crippen LogP) is 1.49. The fourth-order valence-corrected chi connectivity index (χ4v) is 1.87. The summed E-state index contributed by atoms with van der Waals surface area (Å²) < 4.78 is 23.7. The molecule has 20 heavy (non-hydrogen) atoms. The average Bonchev–Trinajstić information content (AvgIpc) is 2.41. The first-order chi connectivity index (χ1) is 9.56. The van der Waals surface area contributed by atoms with Gasteiger partial charge in [-0.3, -0.25) is 9.59 Å². The van der Waals surface area contributed by atoms with Crippen LogP contribution >= 0.6 is 0 Å². The van der Waals surface area contributed by atoms with Gasteiger partial charge >= 0.3 is 11.9 Å². The van der Waals surface area contributed by atoms with Crippen LogP contribution in [0.4, 0.5) is 4.39 Å². The molecule has 1 rings (SSSR count). The van der Waals surface area contributed by atoms with Crippen molar-refractivity contribution in [2.75, 3.05) is 13.2 Å². The standard InChI is InChI=1S/C14H18FNO4/c1-3-19-13(17)12(14(18)20-4-2)11-9(8-16)6-5-7-10(11)15/h5-7,12H,3-4,8,16H2,1-2H3. The molecule has 0 bridgehead atoms. The number of carbonyl (C=O) groups excluding carboxylic acids is 2. The molecule has 0 unspecified atom stereocenters. The van der Waals surface area contributed by atoms with E-state index >= 15 is 0 Å². The minimum absolute atomic E-state index is 0.00238. The Balaban J connectivity index is 3.29. The van der Waals surface area contributed by atoms with E-state index in [0.29, 0.717) is 5.56 Å². The number of nitrogens with two attached hydrogens (primary N) is 1. The Kier molecular flexibility index (Phi) is 6.11. The number of hydrogen-bond donors (Lipinski definition) is 1. The molecule has 0 saturated heterocycles. The molecule has 0 fully saturated rings. The summed E-state index contributed by atoms with van der Waals surface area (Å²) in [5.41, 5.74) is 5.83. The second-order valence-electron chi connectivity index (χ2n) is 3.95. The smallest absolute Gasteiger partial charge is 0.325 e. The second-order valence-corrected chi connectivity index (χ2v) is 3.95. The number of ether oxygens (including phenoxy) is 2. The Morgan fingerprint density at radius 2 is 1.75 bits per heavy atom. The van der Waals surface area contributed by atoms with Gasteiger partial charge in [0.1, 0.15) is 5.82 Å². The molecule has 0 aromatic heterocycles. The maximum Gasteiger partial charge on any atom is 0.325 e. The van der Waals surface area contributed by atoms with Gasteiger partial charge in [-0.25, -0.2) is 4.39 Å². The summed E-state index contributed by atoms with van der Waals surface area (Å²) in [4.78, 5) is 23.9. The summed E-state index contributed by atoms with van der Waals surface area (Å²) in [6.45, 7) is 3.38. The fraction of sp³-hybridized carbons (Fsp3) is 0.429. The topological polar surface area (TPSA) is 78.6 Å². The molecule has 0 radical (unpaired) electrons. The summed E-state index contributed by atoms with van der Waals surface area (Å²) in [6.07, 6.45) is 0. The van der Waals surface area contributed by atoms with E-state index in [-0.39, 0.29) is 25.3 Å². The lowest BCUT2D eigenvalue weighted by Crippen LogP contribution is -2.28. The Bertz CT molecular complexity index is 472. The Morgan fingerprint density at radius 3 is 2.20 bits per heavy atom. The maximum atomic E-state index is 14.0. The van der Waals surface area contributed by atoms with E-state index in [1.807, 2.05) is 0 Å². The van der Waals surface area contributed by atoms with Gasteiger partial charge in [0.25, 0.3) is 0 Å². The minimum Gasteiger partial charge on any atom is -0.465 e. The molecule has 0 atom stereocenters. The van der Waals surface area contributed by atoms with Crippen LogP contribution in [0.5, 0.6) is 0 Å². The molecule has 0 aliphatic rings. The monoisotopic (exact) mass is 283 g/mol. The molecule has 0 spiro atoms. The van der Waals surface area contributed by atoms with Crippen LogP contribution < -0.4 is 5.73 Å². The third kappa shape index (κ3) is 3.54. The normalized spacial score (nSPS) is 10.4. The molecule has 110 valence electrons. The number of esters is 2. The van der Waals surface area contributed by atoms with E-state index < -0.39 is 23.7 Å². The van der Waals surface area contributed by atoms with Gasteiger partial charge < -0.3 is 15.2 Å². The number of carbonyl (C=O) groups is 2. The Morgan fingerprint density at radius 1 is 1.20 bits per heavy atom. The number of benzene rings is 1. The zero-order chi connectivity index (χ0) is 15.1. The van der Waals surface area contributed by atoms with Crippen molar-refractivity contribution >= 4 is 11.9 Å². The first-order valence-corrected chi connectivity index (χ1v) is 6.37. The highest BCUT2D eigenvalue weighted by Crippen LogP contribution is 2.26. The molecule has 0 heterocycles. The predicted molar refractivity (Wildman–Crippen MR) is 70.3 cm³/mol. The molecule has 0 amide bonds. The molecular formula is C14H18FNO4. The number of rotatable bonds is 6. The molecule has 1 aromatic carbocycles. The highest BCUT2D eigenvalue weighted by atomic mass is 19.1. The van der Waals surface area contributed by atoms with Gasteiger partial charge in [-0.2, -0.15) is 0 Å². The largest absolute Gasteiger partial charge is 0.465 e. The SMILES string of the molecule is CCOC(=O)C(C(=O)OCC)c1c(F)cccc1CN. The number of halogens is 1. The molecular weight excluding hydrogens is 265 g/mol. The van der Waals surface area contributed by atoms with Crippen LogP contribution in [0.3, 0.4) is 0 Å². The van der Waals surface area contributed by atoms with E-state index in [4.69, 9.17) is 15.2 Å². The van der Waals surface area contributed by atoms with Gasteiger partial charge in [-0.15, -0.1) is 0 Å². The van der Waals surface area contributed by atoms with Gasteiger partial charge in [0.15, 0.2) is 5.92 Å². The molecule has 2 N–H and O–H groups in total. The third-order valence-electron chi connectivity index (χ3n) is 2.70. The van der Waals surface area contributed by atoms with Gasteiger partial charge in [-0.1, -0.05) is 12.1 Å². The fourth-order valence-electron chi connectivity index (χ4n) is 1.87. The highest BCUT2D eigenvalue weighted by Gasteiger charge is 2.35. The van der Waals surface area contributed by atoms with Gasteiger partial charge in [0.05, 0.1) is 13.2 Å². The van der Waals surface area contributed by atoms with Crippen molar-refractivity contribution in [2.24, 2.45) is 5.73 Å². The van der Waals surface area contributed by atoms with Crippen LogP contribution in [0.1, 0.15) is 30.9 Å². The molecule has 5 nitrogen and oxygen atoms in total. The van der Waals surface area contributed by atoms with Crippen molar-refractivity contribution in [3.63, 3.8) is 0 Å². The van der Waals surface area contributed by atoms with Crippen molar-refractivity contribution in [1.82, 2.24) is 0 Å². The van der Waals surface area contributed by atoms with Crippen LogP contribution in [-0.4, -0.2) is 25.2 Å². The van der Waals surface area contributed by atoms with Crippen LogP contribution in [0, 0.1) is 5.82 Å². The van der Waals surface area contributed by atoms with Crippen molar-refractivity contribution in [1.29, 1.82) is 0 Å². The Labute approximate surface area is 116 Å². The van der Waals surface area contributed by atoms with Crippen molar-refractivity contribution in [3.8, 4) is 0 Å². The molecule has 6 heteroatoms. The van der Waals surface area contributed by atoms with Gasteiger partial charge in [0, 0.05) is 12.1 Å². The molecule has 0 aliphatic carbocycles. The van der Waals surface area contributed by atoms with Gasteiger partial charge in [0.2, 0.25) is 0 Å². The first kappa shape index (κ1) is 16.1. The van der Waals surface area contributed by atoms with Crippen LogP contribution in [0.25, 0.3) is 0 Å². The van der Waals surface area contributed by atoms with Crippen LogP contribution in [0.2, 0.25) is 0 Å². The second kappa shape index (κ2) is 7.59. The Hall–Kier alpha value is -1.95. The van der Waals surface area contributed by atoms with E-state index in [2.05, 4.69) is 0 Å². The minimum atomic E-state index is -1.45. The van der Waals surface area contributed by atoms with E-state index in [1.54, 1.807) is 19.9 Å². The molecule has 1 aromatic rings. The lowest BCUT2D eigenvalue weighted by molar-refractivity contribution is -0.157. The molecule has 0 saturated carbocycles. The lowest BCUT2D eigenvalue weighted by atomic mass is 9.93. The molecule has 0 aliphatic heterocycles. The van der Waals surface area contributed by atoms with Crippen molar-refractivity contribution in [3.05, 3.63) is 35.1 Å². The van der Waals surface area contributed by atoms with Crippen molar-refractivity contribution < 1.29 is 23.5 Å². The summed E-state index contributed by atoms with van der Waals surface area (Å²) in [6, 6.07) is 4.19. The van der Waals surface area contributed by atoms with Crippen molar-refractivity contribution in [2.45, 2.75) is 26.3 Å². The quantitative estimate of drug-likeness (QED) is 0.632. The first-order valence-electron chi connectivity index (χ1n) is 6.37. The van der Waals surface area contributed by atoms with E-state index in [9.17, 15) is 14.0 Å². The summed E-state index contributed by atoms with van der Waals surface area (Å²) in [5, 5.41) is 0. The maximum absolute atomic E-state index is 14.0. The van der Waals surface area contributed by atoms with E-state index in [1.165, 1.54) is 12.1 Å². The highest BCUT2D eigenvalue weighted by molar-refractivity contribution is 6.01. The summed E-state index contributed by atoms with van der Waals surface area (Å²) in [5.74, 6) is -3.81.